The second kappa shape index (κ2) is 5.83. The minimum atomic E-state index is 0.673. The standard InChI is InChI=1S/C20H24/c1-15(2)12-13-19-18-11-7-6-10-17(18)14-20(19)16-8-4-3-5-9-16/h3-11,15,19-20H,12-14H2,1-2H3. The van der Waals surface area contributed by atoms with Gasteiger partial charge in [-0.15, -0.1) is 0 Å². The summed E-state index contributed by atoms with van der Waals surface area (Å²) in [5.41, 5.74) is 4.68. The fourth-order valence-corrected chi connectivity index (χ4v) is 3.60. The molecule has 1 aliphatic rings. The Hall–Kier alpha value is -1.56. The lowest BCUT2D eigenvalue weighted by Gasteiger charge is -2.22. The molecule has 0 aromatic heterocycles. The third-order valence-corrected chi connectivity index (χ3v) is 4.66. The minimum absolute atomic E-state index is 0.673. The molecule has 2 aromatic carbocycles. The van der Waals surface area contributed by atoms with Crippen molar-refractivity contribution >= 4 is 0 Å². The molecule has 0 amide bonds. The number of benzene rings is 2. The zero-order valence-corrected chi connectivity index (χ0v) is 12.5. The number of fused-ring (bicyclic) bond motifs is 1. The molecule has 2 aromatic rings. The Morgan fingerprint density at radius 1 is 0.950 bits per heavy atom. The van der Waals surface area contributed by atoms with Gasteiger partial charge in [0.05, 0.1) is 0 Å². The van der Waals surface area contributed by atoms with Crippen molar-refractivity contribution in [1.29, 1.82) is 0 Å². The van der Waals surface area contributed by atoms with E-state index in [0.29, 0.717) is 11.8 Å². The first-order valence-electron chi connectivity index (χ1n) is 7.88. The summed E-state index contributed by atoms with van der Waals surface area (Å²) >= 11 is 0. The van der Waals surface area contributed by atoms with Gasteiger partial charge in [-0.05, 0) is 47.3 Å². The quantitative estimate of drug-likeness (QED) is 0.679. The van der Waals surface area contributed by atoms with Crippen LogP contribution in [0.15, 0.2) is 54.6 Å². The Bertz CT molecular complexity index is 553. The summed E-state index contributed by atoms with van der Waals surface area (Å²) in [7, 11) is 0. The van der Waals surface area contributed by atoms with Gasteiger partial charge in [0.15, 0.2) is 0 Å². The van der Waals surface area contributed by atoms with Crippen molar-refractivity contribution in [3.05, 3.63) is 71.3 Å². The van der Waals surface area contributed by atoms with Crippen LogP contribution >= 0.6 is 0 Å². The smallest absolute Gasteiger partial charge is 0.00524 e. The molecule has 0 N–H and O–H groups in total. The van der Waals surface area contributed by atoms with E-state index in [4.69, 9.17) is 0 Å². The zero-order valence-electron chi connectivity index (χ0n) is 12.5. The van der Waals surface area contributed by atoms with E-state index in [0.717, 1.165) is 5.92 Å². The van der Waals surface area contributed by atoms with Crippen molar-refractivity contribution in [3.8, 4) is 0 Å². The Morgan fingerprint density at radius 3 is 2.40 bits per heavy atom. The van der Waals surface area contributed by atoms with Gasteiger partial charge >= 0.3 is 0 Å². The highest BCUT2D eigenvalue weighted by atomic mass is 14.4. The van der Waals surface area contributed by atoms with Crippen molar-refractivity contribution in [2.75, 3.05) is 0 Å². The van der Waals surface area contributed by atoms with Crippen LogP contribution in [0.2, 0.25) is 0 Å². The molecule has 0 fully saturated rings. The van der Waals surface area contributed by atoms with Gasteiger partial charge in [0.2, 0.25) is 0 Å². The maximum absolute atomic E-state index is 2.35. The van der Waals surface area contributed by atoms with E-state index in [-0.39, 0.29) is 0 Å². The van der Waals surface area contributed by atoms with Crippen molar-refractivity contribution in [2.24, 2.45) is 5.92 Å². The van der Waals surface area contributed by atoms with E-state index in [1.165, 1.54) is 24.8 Å². The summed E-state index contributed by atoms with van der Waals surface area (Å²) in [5.74, 6) is 2.17. The first kappa shape index (κ1) is 13.4. The van der Waals surface area contributed by atoms with E-state index in [1.807, 2.05) is 0 Å². The van der Waals surface area contributed by atoms with Crippen molar-refractivity contribution in [1.82, 2.24) is 0 Å². The van der Waals surface area contributed by atoms with E-state index >= 15 is 0 Å². The first-order valence-corrected chi connectivity index (χ1v) is 7.88. The van der Waals surface area contributed by atoms with Crippen LogP contribution in [0, 0.1) is 5.92 Å². The molecule has 0 saturated heterocycles. The summed E-state index contributed by atoms with van der Waals surface area (Å²) < 4.78 is 0. The van der Waals surface area contributed by atoms with Gasteiger partial charge in [-0.3, -0.25) is 0 Å². The topological polar surface area (TPSA) is 0 Å². The molecule has 0 bridgehead atoms. The number of hydrogen-bond donors (Lipinski definition) is 0. The molecule has 20 heavy (non-hydrogen) atoms. The fraction of sp³-hybridized carbons (Fsp3) is 0.400. The van der Waals surface area contributed by atoms with Crippen LogP contribution < -0.4 is 0 Å². The van der Waals surface area contributed by atoms with E-state index < -0.39 is 0 Å². The molecule has 1 aliphatic carbocycles. The molecule has 2 unspecified atom stereocenters. The minimum Gasteiger partial charge on any atom is -0.0628 e. The van der Waals surface area contributed by atoms with Crippen LogP contribution in [-0.2, 0) is 6.42 Å². The van der Waals surface area contributed by atoms with Gasteiger partial charge in [0, 0.05) is 0 Å². The lowest BCUT2D eigenvalue weighted by molar-refractivity contribution is 0.465. The molecule has 0 radical (unpaired) electrons. The van der Waals surface area contributed by atoms with Crippen LogP contribution in [0.1, 0.15) is 55.2 Å². The predicted octanol–water partition coefficient (Wildman–Crippen LogP) is 5.55. The zero-order chi connectivity index (χ0) is 13.9. The molecular formula is C20H24. The van der Waals surface area contributed by atoms with Gasteiger partial charge in [0.1, 0.15) is 0 Å². The van der Waals surface area contributed by atoms with E-state index in [9.17, 15) is 0 Å². The third-order valence-electron chi connectivity index (χ3n) is 4.66. The first-order chi connectivity index (χ1) is 9.75. The monoisotopic (exact) mass is 264 g/mol. The van der Waals surface area contributed by atoms with Gasteiger partial charge < -0.3 is 0 Å². The highest BCUT2D eigenvalue weighted by molar-refractivity contribution is 5.41. The van der Waals surface area contributed by atoms with Gasteiger partial charge in [-0.25, -0.2) is 0 Å². The van der Waals surface area contributed by atoms with Crippen molar-refractivity contribution in [3.63, 3.8) is 0 Å². The van der Waals surface area contributed by atoms with Crippen LogP contribution in [0.5, 0.6) is 0 Å². The van der Waals surface area contributed by atoms with Crippen LogP contribution in [0.4, 0.5) is 0 Å². The number of rotatable bonds is 4. The van der Waals surface area contributed by atoms with Gasteiger partial charge in [-0.2, -0.15) is 0 Å². The molecule has 0 heteroatoms. The molecule has 0 aliphatic heterocycles. The predicted molar refractivity (Wildman–Crippen MR) is 86.1 cm³/mol. The van der Waals surface area contributed by atoms with E-state index in [1.54, 1.807) is 11.1 Å². The Kier molecular flexibility index (Phi) is 3.91. The molecule has 0 spiro atoms. The molecular weight excluding hydrogens is 240 g/mol. The highest BCUT2D eigenvalue weighted by Crippen LogP contribution is 2.46. The molecule has 104 valence electrons. The summed E-state index contributed by atoms with van der Waals surface area (Å²) in [6.07, 6.45) is 3.85. The second-order valence-electron chi connectivity index (χ2n) is 6.50. The van der Waals surface area contributed by atoms with Gasteiger partial charge in [0.25, 0.3) is 0 Å². The largest absolute Gasteiger partial charge is 0.0628 e. The Balaban J connectivity index is 1.90. The SMILES string of the molecule is CC(C)CCC1c2ccccc2CC1c1ccccc1. The van der Waals surface area contributed by atoms with E-state index in [2.05, 4.69) is 68.4 Å². The molecule has 0 saturated carbocycles. The maximum atomic E-state index is 2.35. The fourth-order valence-electron chi connectivity index (χ4n) is 3.60. The third kappa shape index (κ3) is 2.65. The van der Waals surface area contributed by atoms with Crippen molar-refractivity contribution < 1.29 is 0 Å². The molecule has 2 atom stereocenters. The average molecular weight is 264 g/mol. The molecule has 3 rings (SSSR count). The van der Waals surface area contributed by atoms with Crippen molar-refractivity contribution in [2.45, 2.75) is 44.9 Å². The maximum Gasteiger partial charge on any atom is -0.00524 e. The highest BCUT2D eigenvalue weighted by Gasteiger charge is 2.32. The lowest BCUT2D eigenvalue weighted by atomic mass is 9.82. The Labute approximate surface area is 122 Å². The van der Waals surface area contributed by atoms with Gasteiger partial charge in [-0.1, -0.05) is 74.9 Å². The molecule has 0 heterocycles. The van der Waals surface area contributed by atoms with Crippen LogP contribution in [-0.4, -0.2) is 0 Å². The summed E-state index contributed by atoms with van der Waals surface area (Å²) in [6, 6.07) is 20.1. The lowest BCUT2D eigenvalue weighted by Crippen LogP contribution is -2.07. The second-order valence-corrected chi connectivity index (χ2v) is 6.50. The summed E-state index contributed by atoms with van der Waals surface area (Å²) in [4.78, 5) is 0. The average Bonchev–Trinajstić information content (AvgIpc) is 2.84. The summed E-state index contributed by atoms with van der Waals surface area (Å²) in [6.45, 7) is 4.66. The normalized spacial score (nSPS) is 21.1. The summed E-state index contributed by atoms with van der Waals surface area (Å²) in [5, 5.41) is 0. The Morgan fingerprint density at radius 2 is 1.65 bits per heavy atom. The number of hydrogen-bond acceptors (Lipinski definition) is 0. The van der Waals surface area contributed by atoms with Crippen LogP contribution in [0.3, 0.4) is 0 Å². The van der Waals surface area contributed by atoms with Crippen LogP contribution in [0.25, 0.3) is 0 Å². The molecule has 0 nitrogen and oxygen atoms in total.